The summed E-state index contributed by atoms with van der Waals surface area (Å²) >= 11 is 1.40. The number of H-pyrrole nitrogens is 1. The van der Waals surface area contributed by atoms with E-state index in [4.69, 9.17) is 4.74 Å². The molecule has 0 amide bonds. The highest BCUT2D eigenvalue weighted by molar-refractivity contribution is 7.99. The van der Waals surface area contributed by atoms with Gasteiger partial charge < -0.3 is 4.74 Å². The van der Waals surface area contributed by atoms with Crippen molar-refractivity contribution in [1.29, 1.82) is 0 Å². The number of nitrogens with one attached hydrogen (secondary N) is 1. The van der Waals surface area contributed by atoms with Crippen molar-refractivity contribution in [3.63, 3.8) is 0 Å². The van der Waals surface area contributed by atoms with Crippen molar-refractivity contribution in [2.45, 2.75) is 12.1 Å². The molecule has 0 saturated carbocycles. The van der Waals surface area contributed by atoms with Gasteiger partial charge in [-0.05, 0) is 13.0 Å². The van der Waals surface area contributed by atoms with Crippen LogP contribution >= 0.6 is 11.8 Å². The molecule has 3 rings (SSSR count). The Balaban J connectivity index is 2.17. The zero-order chi connectivity index (χ0) is 14.8. The molecular formula is C14H14N4O2S. The van der Waals surface area contributed by atoms with Crippen LogP contribution < -0.4 is 5.56 Å². The summed E-state index contributed by atoms with van der Waals surface area (Å²) in [5.74, 6) is 1.04. The summed E-state index contributed by atoms with van der Waals surface area (Å²) in [4.78, 5) is 20.5. The van der Waals surface area contributed by atoms with Gasteiger partial charge in [-0.3, -0.25) is 9.89 Å². The fourth-order valence-corrected chi connectivity index (χ4v) is 2.65. The van der Waals surface area contributed by atoms with Gasteiger partial charge in [0.15, 0.2) is 16.6 Å². The minimum Gasteiger partial charge on any atom is -0.374 e. The van der Waals surface area contributed by atoms with E-state index >= 15 is 0 Å². The molecule has 0 spiro atoms. The molecule has 0 aliphatic rings. The van der Waals surface area contributed by atoms with Gasteiger partial charge in [-0.1, -0.05) is 35.5 Å². The normalized spacial score (nSPS) is 11.1. The van der Waals surface area contributed by atoms with Crippen LogP contribution in [0.25, 0.3) is 17.0 Å². The number of methoxy groups -OCH3 is 1. The van der Waals surface area contributed by atoms with Crippen molar-refractivity contribution < 1.29 is 4.74 Å². The van der Waals surface area contributed by atoms with Crippen LogP contribution in [-0.4, -0.2) is 32.6 Å². The largest absolute Gasteiger partial charge is 0.374 e. The lowest BCUT2D eigenvalue weighted by Gasteiger charge is -2.07. The van der Waals surface area contributed by atoms with E-state index in [9.17, 15) is 4.79 Å². The molecule has 1 N–H and O–H groups in total. The molecule has 21 heavy (non-hydrogen) atoms. The molecule has 0 aliphatic heterocycles. The van der Waals surface area contributed by atoms with Gasteiger partial charge in [0.1, 0.15) is 0 Å². The molecular weight excluding hydrogens is 288 g/mol. The van der Waals surface area contributed by atoms with Crippen LogP contribution in [0.4, 0.5) is 0 Å². The molecule has 2 aromatic heterocycles. The Kier molecular flexibility index (Phi) is 3.76. The predicted molar refractivity (Wildman–Crippen MR) is 81.5 cm³/mol. The fourth-order valence-electron chi connectivity index (χ4n) is 2.01. The number of rotatable bonds is 4. The van der Waals surface area contributed by atoms with Crippen LogP contribution in [0, 0.1) is 6.92 Å². The summed E-state index contributed by atoms with van der Waals surface area (Å²) in [6.07, 6.45) is 0. The highest BCUT2D eigenvalue weighted by Crippen LogP contribution is 2.21. The van der Waals surface area contributed by atoms with Crippen LogP contribution in [0.5, 0.6) is 0 Å². The van der Waals surface area contributed by atoms with Crippen LogP contribution in [-0.2, 0) is 4.74 Å². The summed E-state index contributed by atoms with van der Waals surface area (Å²) < 4.78 is 6.64. The maximum atomic E-state index is 11.5. The second-order valence-electron chi connectivity index (χ2n) is 4.56. The van der Waals surface area contributed by atoms with E-state index in [1.165, 1.54) is 17.8 Å². The Hall–Kier alpha value is -2.12. The standard InChI is InChI=1S/C14H14N4O2S/c1-9-4-3-5-10(6-9)13-15-11-7-12(19)17-18(11)14(16-13)21-8-20-2/h3-7H,8H2,1-2H3,(H,17,19). The lowest BCUT2D eigenvalue weighted by Crippen LogP contribution is -2.05. The quantitative estimate of drug-likeness (QED) is 0.590. The number of hydrogen-bond donors (Lipinski definition) is 1. The molecule has 0 radical (unpaired) electrons. The molecule has 0 unspecified atom stereocenters. The van der Waals surface area contributed by atoms with E-state index < -0.39 is 0 Å². The third kappa shape index (κ3) is 2.84. The van der Waals surface area contributed by atoms with Crippen LogP contribution in [0.15, 0.2) is 40.3 Å². The average Bonchev–Trinajstić information content (AvgIpc) is 2.85. The number of ether oxygens (including phenoxy) is 1. The molecule has 0 atom stereocenters. The van der Waals surface area contributed by atoms with E-state index in [0.717, 1.165) is 11.1 Å². The number of fused-ring (bicyclic) bond motifs is 1. The predicted octanol–water partition coefficient (Wildman–Crippen LogP) is 2.09. The highest BCUT2D eigenvalue weighted by atomic mass is 32.2. The number of hydrogen-bond acceptors (Lipinski definition) is 5. The molecule has 0 fully saturated rings. The smallest absolute Gasteiger partial charge is 0.266 e. The Bertz CT molecular complexity index is 840. The molecule has 108 valence electrons. The van der Waals surface area contributed by atoms with Gasteiger partial charge in [-0.2, -0.15) is 0 Å². The SMILES string of the molecule is COCSc1nc(-c2cccc(C)c2)nc2cc(=O)[nH]n12. The van der Waals surface area contributed by atoms with E-state index in [1.807, 2.05) is 31.2 Å². The lowest BCUT2D eigenvalue weighted by molar-refractivity contribution is 0.258. The first-order chi connectivity index (χ1) is 10.2. The first-order valence-electron chi connectivity index (χ1n) is 6.36. The van der Waals surface area contributed by atoms with Crippen molar-refractivity contribution in [2.24, 2.45) is 0 Å². The summed E-state index contributed by atoms with van der Waals surface area (Å²) in [5, 5.41) is 3.33. The fraction of sp³-hybridized carbons (Fsp3) is 0.214. The van der Waals surface area contributed by atoms with E-state index in [0.29, 0.717) is 22.6 Å². The third-order valence-corrected chi connectivity index (χ3v) is 3.79. The maximum Gasteiger partial charge on any atom is 0.266 e. The second-order valence-corrected chi connectivity index (χ2v) is 5.45. The van der Waals surface area contributed by atoms with Crippen molar-refractivity contribution >= 4 is 17.4 Å². The van der Waals surface area contributed by atoms with Gasteiger partial charge in [-0.25, -0.2) is 14.5 Å². The van der Waals surface area contributed by atoms with Crippen LogP contribution in [0.3, 0.4) is 0 Å². The Morgan fingerprint density at radius 2 is 2.19 bits per heavy atom. The van der Waals surface area contributed by atoms with E-state index in [-0.39, 0.29) is 5.56 Å². The van der Waals surface area contributed by atoms with Crippen LogP contribution in [0.1, 0.15) is 5.56 Å². The first kappa shape index (κ1) is 13.8. The Morgan fingerprint density at radius 3 is 2.95 bits per heavy atom. The summed E-state index contributed by atoms with van der Waals surface area (Å²) in [6, 6.07) is 9.40. The molecule has 7 heteroatoms. The zero-order valence-electron chi connectivity index (χ0n) is 11.7. The molecule has 6 nitrogen and oxygen atoms in total. The van der Waals surface area contributed by atoms with Crippen molar-refractivity contribution in [3.05, 3.63) is 46.2 Å². The van der Waals surface area contributed by atoms with Gasteiger partial charge >= 0.3 is 0 Å². The lowest BCUT2D eigenvalue weighted by atomic mass is 10.1. The summed E-state index contributed by atoms with van der Waals surface area (Å²) in [6.45, 7) is 2.02. The van der Waals surface area contributed by atoms with Gasteiger partial charge in [0, 0.05) is 18.7 Å². The maximum absolute atomic E-state index is 11.5. The molecule has 3 aromatic rings. The first-order valence-corrected chi connectivity index (χ1v) is 7.34. The van der Waals surface area contributed by atoms with Gasteiger partial charge in [0.05, 0.1) is 5.94 Å². The highest BCUT2D eigenvalue weighted by Gasteiger charge is 2.11. The summed E-state index contributed by atoms with van der Waals surface area (Å²) in [7, 11) is 1.62. The number of benzene rings is 1. The second kappa shape index (κ2) is 5.71. The molecule has 1 aromatic carbocycles. The number of aromatic amines is 1. The number of thioether (sulfide) groups is 1. The number of aryl methyl sites for hydroxylation is 1. The monoisotopic (exact) mass is 302 g/mol. The van der Waals surface area contributed by atoms with E-state index in [1.54, 1.807) is 11.6 Å². The molecule has 0 bridgehead atoms. The summed E-state index contributed by atoms with van der Waals surface area (Å²) in [5.41, 5.74) is 2.40. The van der Waals surface area contributed by atoms with Gasteiger partial charge in [0.25, 0.3) is 5.56 Å². The van der Waals surface area contributed by atoms with Crippen molar-refractivity contribution in [1.82, 2.24) is 19.6 Å². The number of nitrogens with zero attached hydrogens (tertiary/aromatic N) is 3. The van der Waals surface area contributed by atoms with Crippen LogP contribution in [0.2, 0.25) is 0 Å². The molecule has 0 saturated heterocycles. The topological polar surface area (TPSA) is 72.3 Å². The average molecular weight is 302 g/mol. The van der Waals surface area contributed by atoms with Gasteiger partial charge in [0.2, 0.25) is 0 Å². The van der Waals surface area contributed by atoms with Crippen molar-refractivity contribution in [3.8, 4) is 11.4 Å². The van der Waals surface area contributed by atoms with Gasteiger partial charge in [-0.15, -0.1) is 0 Å². The van der Waals surface area contributed by atoms with Crippen molar-refractivity contribution in [2.75, 3.05) is 13.0 Å². The van der Waals surface area contributed by atoms with E-state index in [2.05, 4.69) is 15.1 Å². The molecule has 0 aliphatic carbocycles. The minimum atomic E-state index is -0.204. The Labute approximate surface area is 125 Å². The molecule has 2 heterocycles. The zero-order valence-corrected chi connectivity index (χ0v) is 12.5. The minimum absolute atomic E-state index is 0.204. The Morgan fingerprint density at radius 1 is 1.33 bits per heavy atom. The number of aromatic nitrogens is 4. The third-order valence-electron chi connectivity index (χ3n) is 2.91.